The number of carbonyl (C=O) groups is 4. The van der Waals surface area contributed by atoms with Gasteiger partial charge >= 0.3 is 154 Å². The van der Waals surface area contributed by atoms with Gasteiger partial charge in [-0.2, -0.15) is 0 Å². The van der Waals surface area contributed by atoms with Gasteiger partial charge in [-0.15, -0.1) is 0 Å². The average Bonchev–Trinajstić information content (AvgIpc) is 3.00. The summed E-state index contributed by atoms with van der Waals surface area (Å²) in [5.41, 5.74) is 6.83. The maximum absolute atomic E-state index is 12.6. The number of ether oxygens (including phenoxy) is 2. The van der Waals surface area contributed by atoms with Gasteiger partial charge in [-0.05, 0) is 37.0 Å². The van der Waals surface area contributed by atoms with Crippen LogP contribution in [-0.2, 0) is 56.9 Å². The molecule has 1 aromatic rings. The molecule has 0 bridgehead atoms. The molecule has 0 saturated carbocycles. The van der Waals surface area contributed by atoms with Crippen LogP contribution in [0.4, 0.5) is 4.79 Å². The molecule has 6 N–H and O–H groups in total. The van der Waals surface area contributed by atoms with E-state index in [1.807, 2.05) is 26.8 Å². The standard InChI is InChI=1S/C30H49N6O7.Hg/c1-4-16-42-30(40)34-15-18-41-17-8-7-14-35-43-21-23-10-9-11-24(20-23)28(38)33-13-6-5-12-26(27(32)37)36-29(39)25(31)19-22(2)3;/h9-11,14,20,22,25-26,31H,4-8,12-13,15-19,21H2,1-3H3,(H2,32,37)(H,33,38)(H,34,40)(H,36,39);/q-1;+1/b35-14-;/t25-,26-;/m0./s1. The Hall–Kier alpha value is -2.77. The number of unbranched alkanes of at least 4 members (excludes halogenated alkanes) is 2. The molecule has 14 heteroatoms. The van der Waals surface area contributed by atoms with Gasteiger partial charge < -0.3 is 19.6 Å². The summed E-state index contributed by atoms with van der Waals surface area (Å²) in [5.74, 6) is -0.612. The van der Waals surface area contributed by atoms with Gasteiger partial charge in [0.15, 0.2) is 0 Å². The minimum absolute atomic E-state index is 0.195. The summed E-state index contributed by atoms with van der Waals surface area (Å²) in [6.07, 6.45) is 5.82. The Morgan fingerprint density at radius 2 is 1.82 bits per heavy atom. The van der Waals surface area contributed by atoms with Crippen LogP contribution in [-0.4, -0.2) is 75.0 Å². The molecule has 4 amide bonds. The summed E-state index contributed by atoms with van der Waals surface area (Å²) in [6, 6.07) is 6.08. The van der Waals surface area contributed by atoms with Crippen LogP contribution in [0, 0.1) is 5.92 Å². The second-order valence-electron chi connectivity index (χ2n) is 10.7. The Kier molecular flexibility index (Phi) is 21.9. The summed E-state index contributed by atoms with van der Waals surface area (Å²) in [4.78, 5) is 53.7. The van der Waals surface area contributed by atoms with Gasteiger partial charge in [0.05, 0.1) is 13.2 Å². The van der Waals surface area contributed by atoms with Crippen molar-refractivity contribution in [2.24, 2.45) is 16.8 Å². The maximum atomic E-state index is 12.6. The number of oxime groups is 1. The zero-order valence-electron chi connectivity index (χ0n) is 26.4. The van der Waals surface area contributed by atoms with Crippen molar-refractivity contribution < 1.29 is 59.9 Å². The predicted molar refractivity (Wildman–Crippen MR) is 163 cm³/mol. The molecular formula is C30H49HgN6O7. The molecule has 0 aliphatic carbocycles. The molecule has 44 heavy (non-hydrogen) atoms. The van der Waals surface area contributed by atoms with Gasteiger partial charge in [0.2, 0.25) is 0 Å². The summed E-state index contributed by atoms with van der Waals surface area (Å²) in [7, 11) is 0. The monoisotopic (exact) mass is 807 g/mol. The van der Waals surface area contributed by atoms with Crippen molar-refractivity contribution in [2.45, 2.75) is 84.4 Å². The van der Waals surface area contributed by atoms with Gasteiger partial charge in [0.25, 0.3) is 0 Å². The Morgan fingerprint density at radius 1 is 1.02 bits per heavy atom. The molecule has 243 valence electrons. The van der Waals surface area contributed by atoms with Crippen LogP contribution >= 0.6 is 0 Å². The third-order valence-electron chi connectivity index (χ3n) is 6.28. The average molecular weight is 806 g/mol. The summed E-state index contributed by atoms with van der Waals surface area (Å²) >= 11 is 0.249. The van der Waals surface area contributed by atoms with Crippen LogP contribution < -0.4 is 24.8 Å². The second kappa shape index (κ2) is 24.5. The van der Waals surface area contributed by atoms with Crippen molar-refractivity contribution in [1.29, 1.82) is 0 Å². The largest absolute Gasteiger partial charge is 0.0427 e. The number of rotatable bonds is 24. The molecule has 13 nitrogen and oxygen atoms in total. The number of nitrogens with one attached hydrogen (secondary N) is 4. The Bertz CT molecular complexity index is 1030. The predicted octanol–water partition coefficient (Wildman–Crippen LogP) is 2.46. The summed E-state index contributed by atoms with van der Waals surface area (Å²) in [6.45, 7) is 8.42. The van der Waals surface area contributed by atoms with Crippen molar-refractivity contribution in [3.8, 4) is 0 Å². The van der Waals surface area contributed by atoms with Crippen LogP contribution in [0.25, 0.3) is 0 Å². The SMILES string of the molecule is CCCOC(=O)NCCOCCC/C=N\OCc1cccc(C(=O)NCCCC[C@H](NC(=O)[C@H](CC(C)C)[NH][Hg])C(N)=O)c1. The molecule has 0 aromatic heterocycles. The van der Waals surface area contributed by atoms with Crippen LogP contribution in [0.15, 0.2) is 29.4 Å². The molecule has 0 fully saturated rings. The molecule has 0 aliphatic heterocycles. The van der Waals surface area contributed by atoms with E-state index in [0.717, 1.165) is 18.4 Å². The van der Waals surface area contributed by atoms with E-state index in [1.165, 1.54) is 0 Å². The first-order valence-corrected chi connectivity index (χ1v) is 18.0. The maximum Gasteiger partial charge on any atom is -0.0427 e. The number of hydrogen-bond acceptors (Lipinski definition) is 9. The fraction of sp³-hybridized carbons (Fsp3) is 0.633. The van der Waals surface area contributed by atoms with Gasteiger partial charge in [-0.25, -0.2) is 4.79 Å². The third kappa shape index (κ3) is 18.8. The van der Waals surface area contributed by atoms with Gasteiger partial charge in [0.1, 0.15) is 6.61 Å². The first-order chi connectivity index (χ1) is 21.2. The zero-order valence-corrected chi connectivity index (χ0v) is 31.9. The molecule has 0 saturated heterocycles. The van der Waals surface area contributed by atoms with Crippen LogP contribution in [0.3, 0.4) is 0 Å². The molecule has 0 heterocycles. The molecular weight excluding hydrogens is 757 g/mol. The van der Waals surface area contributed by atoms with Crippen molar-refractivity contribution >= 4 is 30.0 Å². The normalized spacial score (nSPS) is 12.5. The van der Waals surface area contributed by atoms with Crippen molar-refractivity contribution in [1.82, 2.24) is 19.0 Å². The first kappa shape index (κ1) is 39.2. The van der Waals surface area contributed by atoms with E-state index in [0.29, 0.717) is 76.5 Å². The van der Waals surface area contributed by atoms with Crippen LogP contribution in [0.2, 0.25) is 0 Å². The topological polar surface area (TPSA) is 182 Å². The Balaban J connectivity index is 2.26. The number of primary amides is 1. The molecule has 1 aromatic carbocycles. The molecule has 0 radical (unpaired) electrons. The Morgan fingerprint density at radius 3 is 2.52 bits per heavy atom. The van der Waals surface area contributed by atoms with E-state index in [4.69, 9.17) is 20.0 Å². The second-order valence-corrected chi connectivity index (χ2v) is 12.3. The number of nitrogens with two attached hydrogens (primary N) is 1. The van der Waals surface area contributed by atoms with E-state index in [-0.39, 0.29) is 50.9 Å². The summed E-state index contributed by atoms with van der Waals surface area (Å²) in [5, 5.41) is 12.2. The minimum atomic E-state index is -0.737. The van der Waals surface area contributed by atoms with Gasteiger partial charge in [-0.1, -0.05) is 24.2 Å². The first-order valence-electron chi connectivity index (χ1n) is 15.3. The molecule has 2 atom stereocenters. The third-order valence-corrected chi connectivity index (χ3v) is 8.20. The number of alkyl carbamates (subject to hydrolysis) is 1. The van der Waals surface area contributed by atoms with E-state index in [9.17, 15) is 19.2 Å². The zero-order chi connectivity index (χ0) is 32.6. The van der Waals surface area contributed by atoms with Crippen molar-refractivity contribution in [2.75, 3.05) is 32.9 Å². The fourth-order valence-electron chi connectivity index (χ4n) is 3.96. The van der Waals surface area contributed by atoms with Crippen molar-refractivity contribution in [3.63, 3.8) is 0 Å². The van der Waals surface area contributed by atoms with Crippen molar-refractivity contribution in [3.05, 3.63) is 35.4 Å². The van der Waals surface area contributed by atoms with Crippen LogP contribution in [0.5, 0.6) is 0 Å². The van der Waals surface area contributed by atoms with E-state index < -0.39 is 18.0 Å². The Labute approximate surface area is 277 Å². The number of hydrogen-bond donors (Lipinski definition) is 5. The number of amides is 4. The summed E-state index contributed by atoms with van der Waals surface area (Å²) < 4.78 is 13.5. The quantitative estimate of drug-likeness (QED) is 0.0457. The van der Waals surface area contributed by atoms with E-state index in [1.54, 1.807) is 24.4 Å². The molecule has 1 rings (SSSR count). The number of benzene rings is 1. The number of carbonyl (C=O) groups excluding carboxylic acids is 4. The van der Waals surface area contributed by atoms with Gasteiger partial charge in [-0.3, -0.25) is 0 Å². The molecule has 0 aliphatic rings. The van der Waals surface area contributed by atoms with Crippen LogP contribution in [0.1, 0.15) is 81.6 Å². The smallest absolute Gasteiger partial charge is 0.0427 e. The molecule has 0 unspecified atom stereocenters. The van der Waals surface area contributed by atoms with Gasteiger partial charge in [0, 0.05) is 19.4 Å². The van der Waals surface area contributed by atoms with E-state index >= 15 is 0 Å². The minimum Gasteiger partial charge on any atom is -0.0427 e. The number of nitrogens with zero attached hydrogens (tertiary/aromatic N) is 1. The van der Waals surface area contributed by atoms with E-state index in [2.05, 4.69) is 24.2 Å². The molecule has 0 spiro atoms. The fourth-order valence-corrected chi connectivity index (χ4v) is 5.33.